The number of nitrogens with zero attached hydrogens (tertiary/aromatic N) is 3. The third-order valence-electron chi connectivity index (χ3n) is 4.78. The lowest BCUT2D eigenvalue weighted by atomic mass is 10.0. The summed E-state index contributed by atoms with van der Waals surface area (Å²) in [5.41, 5.74) is 2.75. The molecule has 0 unspecified atom stereocenters. The first-order valence-electron chi connectivity index (χ1n) is 9.27. The molecule has 1 aromatic carbocycles. The van der Waals surface area contributed by atoms with E-state index in [0.29, 0.717) is 11.8 Å². The number of hydrogen-bond acceptors (Lipinski definition) is 3. The Balaban J connectivity index is 1.66. The fraction of sp³-hybridized carbons (Fsp3) is 0.600. The standard InChI is InChI=1S/C20H30N4/c1-14(2)12-16-7-9-17(10-8-16)13-21-19(15(3)4)20-23-22-18-6-5-11-24(18)20/h7-10,14-15,19,21H,5-6,11-13H2,1-4H3/t19-/m0/s1. The molecule has 0 fully saturated rings. The van der Waals surface area contributed by atoms with Crippen LogP contribution in [-0.2, 0) is 25.9 Å². The van der Waals surface area contributed by atoms with Crippen molar-refractivity contribution >= 4 is 0 Å². The summed E-state index contributed by atoms with van der Waals surface area (Å²) < 4.78 is 2.31. The average Bonchev–Trinajstić information content (AvgIpc) is 3.12. The van der Waals surface area contributed by atoms with Gasteiger partial charge in [-0.05, 0) is 35.8 Å². The average molecular weight is 326 g/mol. The van der Waals surface area contributed by atoms with Crippen LogP contribution in [0.25, 0.3) is 0 Å². The molecule has 3 rings (SSSR count). The predicted molar refractivity (Wildman–Crippen MR) is 97.7 cm³/mol. The van der Waals surface area contributed by atoms with Gasteiger partial charge in [-0.25, -0.2) is 0 Å². The molecule has 2 aromatic rings. The largest absolute Gasteiger partial charge is 0.314 e. The zero-order valence-electron chi connectivity index (χ0n) is 15.4. The van der Waals surface area contributed by atoms with Gasteiger partial charge in [0.2, 0.25) is 0 Å². The Morgan fingerprint density at radius 1 is 1.04 bits per heavy atom. The Labute approximate surface area is 145 Å². The SMILES string of the molecule is CC(C)Cc1ccc(CN[C@H](c2nnc3n2CCC3)C(C)C)cc1. The summed E-state index contributed by atoms with van der Waals surface area (Å²) in [5, 5.41) is 12.5. The molecule has 1 N–H and O–H groups in total. The van der Waals surface area contributed by atoms with Crippen molar-refractivity contribution in [1.29, 1.82) is 0 Å². The van der Waals surface area contributed by atoms with Crippen LogP contribution in [0.5, 0.6) is 0 Å². The lowest BCUT2D eigenvalue weighted by Gasteiger charge is -2.22. The minimum Gasteiger partial charge on any atom is -0.314 e. The molecule has 1 aromatic heterocycles. The number of aryl methyl sites for hydroxylation is 1. The van der Waals surface area contributed by atoms with Crippen molar-refractivity contribution in [2.24, 2.45) is 11.8 Å². The van der Waals surface area contributed by atoms with E-state index in [-0.39, 0.29) is 6.04 Å². The summed E-state index contributed by atoms with van der Waals surface area (Å²) >= 11 is 0. The number of aromatic nitrogens is 3. The van der Waals surface area contributed by atoms with Crippen molar-refractivity contribution < 1.29 is 0 Å². The summed E-state index contributed by atoms with van der Waals surface area (Å²) in [6.07, 6.45) is 3.41. The molecule has 1 aliphatic heterocycles. The Bertz CT molecular complexity index is 655. The zero-order chi connectivity index (χ0) is 17.1. The van der Waals surface area contributed by atoms with E-state index in [2.05, 4.69) is 72.0 Å². The number of fused-ring (bicyclic) bond motifs is 1. The van der Waals surface area contributed by atoms with Gasteiger partial charge in [0.15, 0.2) is 0 Å². The van der Waals surface area contributed by atoms with Crippen molar-refractivity contribution in [2.45, 2.75) is 66.1 Å². The molecule has 0 saturated carbocycles. The van der Waals surface area contributed by atoms with Crippen LogP contribution in [0.4, 0.5) is 0 Å². The maximum Gasteiger partial charge on any atom is 0.150 e. The smallest absolute Gasteiger partial charge is 0.150 e. The third-order valence-corrected chi connectivity index (χ3v) is 4.78. The lowest BCUT2D eigenvalue weighted by molar-refractivity contribution is 0.379. The second kappa shape index (κ2) is 7.47. The molecular weight excluding hydrogens is 296 g/mol. The minimum atomic E-state index is 0.250. The van der Waals surface area contributed by atoms with Gasteiger partial charge in [-0.1, -0.05) is 52.0 Å². The molecule has 0 amide bonds. The first-order chi connectivity index (χ1) is 11.5. The first-order valence-corrected chi connectivity index (χ1v) is 9.27. The van der Waals surface area contributed by atoms with E-state index in [0.717, 1.165) is 37.6 Å². The molecule has 4 heteroatoms. The lowest BCUT2D eigenvalue weighted by Crippen LogP contribution is -2.28. The molecule has 4 nitrogen and oxygen atoms in total. The second-order valence-electron chi connectivity index (χ2n) is 7.75. The molecule has 0 bridgehead atoms. The van der Waals surface area contributed by atoms with Crippen molar-refractivity contribution in [3.8, 4) is 0 Å². The van der Waals surface area contributed by atoms with Crippen LogP contribution in [0.1, 0.15) is 62.9 Å². The fourth-order valence-electron chi connectivity index (χ4n) is 3.52. The molecule has 1 atom stereocenters. The van der Waals surface area contributed by atoms with Crippen molar-refractivity contribution in [1.82, 2.24) is 20.1 Å². The topological polar surface area (TPSA) is 42.7 Å². The van der Waals surface area contributed by atoms with E-state index in [4.69, 9.17) is 0 Å². The number of nitrogens with one attached hydrogen (secondary N) is 1. The van der Waals surface area contributed by atoms with Gasteiger partial charge in [0.05, 0.1) is 6.04 Å². The van der Waals surface area contributed by atoms with Crippen LogP contribution in [0.2, 0.25) is 0 Å². The third kappa shape index (κ3) is 3.86. The van der Waals surface area contributed by atoms with Gasteiger partial charge in [0, 0.05) is 19.5 Å². The van der Waals surface area contributed by atoms with Gasteiger partial charge >= 0.3 is 0 Å². The predicted octanol–water partition coefficient (Wildman–Crippen LogP) is 3.91. The highest BCUT2D eigenvalue weighted by molar-refractivity contribution is 5.23. The molecule has 2 heterocycles. The first kappa shape index (κ1) is 17.2. The zero-order valence-corrected chi connectivity index (χ0v) is 15.4. The van der Waals surface area contributed by atoms with Crippen LogP contribution >= 0.6 is 0 Å². The van der Waals surface area contributed by atoms with E-state index >= 15 is 0 Å². The molecule has 24 heavy (non-hydrogen) atoms. The molecule has 1 aliphatic rings. The van der Waals surface area contributed by atoms with Gasteiger partial charge < -0.3 is 9.88 Å². The molecular formula is C20H30N4. The Kier molecular flexibility index (Phi) is 5.34. The number of hydrogen-bond donors (Lipinski definition) is 1. The highest BCUT2D eigenvalue weighted by Gasteiger charge is 2.25. The normalized spacial score (nSPS) is 15.2. The van der Waals surface area contributed by atoms with Crippen LogP contribution in [-0.4, -0.2) is 14.8 Å². The van der Waals surface area contributed by atoms with Crippen LogP contribution in [0.15, 0.2) is 24.3 Å². The van der Waals surface area contributed by atoms with Gasteiger partial charge in [-0.3, -0.25) is 0 Å². The maximum atomic E-state index is 4.47. The number of rotatable bonds is 7. The maximum absolute atomic E-state index is 4.47. The van der Waals surface area contributed by atoms with Crippen molar-refractivity contribution in [3.05, 3.63) is 47.0 Å². The summed E-state index contributed by atoms with van der Waals surface area (Å²) in [7, 11) is 0. The van der Waals surface area contributed by atoms with Crippen LogP contribution in [0, 0.1) is 11.8 Å². The van der Waals surface area contributed by atoms with Crippen molar-refractivity contribution in [2.75, 3.05) is 0 Å². The highest BCUT2D eigenvalue weighted by atomic mass is 15.3. The van der Waals surface area contributed by atoms with E-state index in [1.807, 2.05) is 0 Å². The monoisotopic (exact) mass is 326 g/mol. The molecule has 130 valence electrons. The van der Waals surface area contributed by atoms with Gasteiger partial charge in [0.25, 0.3) is 0 Å². The summed E-state index contributed by atoms with van der Waals surface area (Å²) in [4.78, 5) is 0. The van der Waals surface area contributed by atoms with E-state index in [1.54, 1.807) is 0 Å². The molecule has 0 aliphatic carbocycles. The molecule has 0 radical (unpaired) electrons. The van der Waals surface area contributed by atoms with E-state index in [1.165, 1.54) is 17.5 Å². The second-order valence-corrected chi connectivity index (χ2v) is 7.75. The molecule has 0 spiro atoms. The van der Waals surface area contributed by atoms with E-state index < -0.39 is 0 Å². The minimum absolute atomic E-state index is 0.250. The summed E-state index contributed by atoms with van der Waals surface area (Å²) in [5.74, 6) is 3.44. The Morgan fingerprint density at radius 2 is 1.75 bits per heavy atom. The molecule has 0 saturated heterocycles. The fourth-order valence-corrected chi connectivity index (χ4v) is 3.52. The van der Waals surface area contributed by atoms with E-state index in [9.17, 15) is 0 Å². The highest BCUT2D eigenvalue weighted by Crippen LogP contribution is 2.25. The summed E-state index contributed by atoms with van der Waals surface area (Å²) in [6, 6.07) is 9.26. The van der Waals surface area contributed by atoms with Gasteiger partial charge in [-0.15, -0.1) is 10.2 Å². The summed E-state index contributed by atoms with van der Waals surface area (Å²) in [6.45, 7) is 11.0. The van der Waals surface area contributed by atoms with Crippen LogP contribution < -0.4 is 5.32 Å². The Hall–Kier alpha value is -1.68. The van der Waals surface area contributed by atoms with Crippen LogP contribution in [0.3, 0.4) is 0 Å². The number of benzene rings is 1. The quantitative estimate of drug-likeness (QED) is 0.839. The Morgan fingerprint density at radius 3 is 2.42 bits per heavy atom. The van der Waals surface area contributed by atoms with Crippen molar-refractivity contribution in [3.63, 3.8) is 0 Å². The van der Waals surface area contributed by atoms with Gasteiger partial charge in [-0.2, -0.15) is 0 Å². The van der Waals surface area contributed by atoms with Gasteiger partial charge in [0.1, 0.15) is 11.6 Å².